The molecule has 1 aliphatic carbocycles. The molecule has 0 radical (unpaired) electrons. The lowest BCUT2D eigenvalue weighted by Gasteiger charge is -2.03. The average Bonchev–Trinajstić information content (AvgIpc) is 2.96. The van der Waals surface area contributed by atoms with Crippen LogP contribution in [0.4, 0.5) is 4.39 Å². The molecule has 1 aromatic rings. The third kappa shape index (κ3) is 1.78. The fourth-order valence-corrected chi connectivity index (χ4v) is 1.87. The monoisotopic (exact) mass is 222 g/mol. The predicted octanol–water partition coefficient (Wildman–Crippen LogP) is 2.28. The van der Waals surface area contributed by atoms with Gasteiger partial charge in [0.1, 0.15) is 11.6 Å². The molecule has 84 valence electrons. The minimum atomic E-state index is -0.517. The van der Waals surface area contributed by atoms with Crippen LogP contribution in [0.5, 0.6) is 5.75 Å². The van der Waals surface area contributed by atoms with Gasteiger partial charge in [-0.05, 0) is 24.0 Å². The Hall–Kier alpha value is -1.84. The quantitative estimate of drug-likeness (QED) is 0.609. The second-order valence-corrected chi connectivity index (χ2v) is 3.96. The molecule has 1 aromatic carbocycles. The molecule has 0 spiro atoms. The second kappa shape index (κ2) is 3.63. The second-order valence-electron chi connectivity index (χ2n) is 3.96. The van der Waals surface area contributed by atoms with Crippen molar-refractivity contribution < 1.29 is 19.4 Å². The average molecular weight is 222 g/mol. The summed E-state index contributed by atoms with van der Waals surface area (Å²) < 4.78 is 12.7. The third-order valence-electron chi connectivity index (χ3n) is 2.80. The highest BCUT2D eigenvalue weighted by Gasteiger charge is 2.45. The molecule has 1 aliphatic rings. The summed E-state index contributed by atoms with van der Waals surface area (Å²) in [6.07, 6.45) is 0.553. The number of ketones is 1. The number of carbonyl (C=O) groups excluding carboxylic acids is 1. The molecule has 0 saturated heterocycles. The van der Waals surface area contributed by atoms with Gasteiger partial charge in [0, 0.05) is 12.0 Å². The molecule has 2 N–H and O–H groups in total. The molecule has 1 saturated carbocycles. The van der Waals surface area contributed by atoms with Crippen LogP contribution in [0.3, 0.4) is 0 Å². The summed E-state index contributed by atoms with van der Waals surface area (Å²) in [5.41, 5.74) is 0.543. The topological polar surface area (TPSA) is 57.5 Å². The van der Waals surface area contributed by atoms with E-state index in [1.165, 1.54) is 12.1 Å². The molecule has 0 bridgehead atoms. The number of carbonyl (C=O) groups is 1. The Labute approximate surface area is 91.8 Å². The zero-order valence-corrected chi connectivity index (χ0v) is 8.48. The summed E-state index contributed by atoms with van der Waals surface area (Å²) in [6.45, 7) is 3.16. The van der Waals surface area contributed by atoms with Crippen molar-refractivity contribution in [1.82, 2.24) is 0 Å². The van der Waals surface area contributed by atoms with E-state index in [9.17, 15) is 14.3 Å². The van der Waals surface area contributed by atoms with Gasteiger partial charge in [-0.25, -0.2) is 4.39 Å². The van der Waals surface area contributed by atoms with Crippen LogP contribution in [0.15, 0.2) is 30.5 Å². The van der Waals surface area contributed by atoms with Crippen molar-refractivity contribution in [2.45, 2.75) is 12.3 Å². The summed E-state index contributed by atoms with van der Waals surface area (Å²) in [5.74, 6) is -2.02. The smallest absolute Gasteiger partial charge is 0.200 e. The van der Waals surface area contributed by atoms with Crippen LogP contribution in [0.25, 0.3) is 0 Å². The predicted molar refractivity (Wildman–Crippen MR) is 55.7 cm³/mol. The third-order valence-corrected chi connectivity index (χ3v) is 2.80. The van der Waals surface area contributed by atoms with Crippen molar-refractivity contribution in [3.05, 3.63) is 41.9 Å². The molecule has 0 aliphatic heterocycles. The van der Waals surface area contributed by atoms with Crippen LogP contribution in [0, 0.1) is 11.7 Å². The lowest BCUT2D eigenvalue weighted by atomic mass is 10.1. The van der Waals surface area contributed by atoms with E-state index in [1.54, 1.807) is 0 Å². The van der Waals surface area contributed by atoms with E-state index in [2.05, 4.69) is 6.58 Å². The van der Waals surface area contributed by atoms with E-state index in [0.717, 1.165) is 6.07 Å². The number of allylic oxidation sites excluding steroid dienone is 1. The number of rotatable bonds is 3. The molecule has 4 heteroatoms. The first kappa shape index (κ1) is 10.7. The van der Waals surface area contributed by atoms with Gasteiger partial charge in [0.15, 0.2) is 11.5 Å². The van der Waals surface area contributed by atoms with Crippen LogP contribution in [0.1, 0.15) is 17.9 Å². The normalized spacial score (nSPS) is 22.8. The minimum absolute atomic E-state index is 0.142. The number of benzene rings is 1. The molecule has 2 rings (SSSR count). The van der Waals surface area contributed by atoms with Crippen molar-refractivity contribution in [2.24, 2.45) is 5.92 Å². The number of phenolic OH excluding ortho intramolecular Hbond substituents is 1. The molecular formula is C12H11FO3. The zero-order valence-electron chi connectivity index (χ0n) is 8.48. The van der Waals surface area contributed by atoms with Crippen LogP contribution < -0.4 is 0 Å². The van der Waals surface area contributed by atoms with E-state index in [0.29, 0.717) is 12.0 Å². The number of halogens is 1. The standard InChI is InChI=1S/C12H11FO3/c1-6(14)12(16)10-5-9(10)8-3-2-7(13)4-11(8)15/h2-4,9-10,14-15H,1,5H2. The van der Waals surface area contributed by atoms with Gasteiger partial charge in [-0.3, -0.25) is 4.79 Å². The highest BCUT2D eigenvalue weighted by atomic mass is 19.1. The van der Waals surface area contributed by atoms with Crippen LogP contribution in [0.2, 0.25) is 0 Å². The molecule has 16 heavy (non-hydrogen) atoms. The Bertz CT molecular complexity index is 467. The largest absolute Gasteiger partial charge is 0.508 e. The number of aliphatic hydroxyl groups is 1. The van der Waals surface area contributed by atoms with Gasteiger partial charge in [0.05, 0.1) is 0 Å². The van der Waals surface area contributed by atoms with Gasteiger partial charge >= 0.3 is 0 Å². The molecule has 2 atom stereocenters. The Morgan fingerprint density at radius 2 is 2.19 bits per heavy atom. The first-order valence-corrected chi connectivity index (χ1v) is 4.91. The molecule has 0 heterocycles. The fourth-order valence-electron chi connectivity index (χ4n) is 1.87. The highest BCUT2D eigenvalue weighted by Crippen LogP contribution is 2.51. The maximum Gasteiger partial charge on any atom is 0.200 e. The lowest BCUT2D eigenvalue weighted by molar-refractivity contribution is -0.119. The number of phenols is 1. The van der Waals surface area contributed by atoms with E-state index in [-0.39, 0.29) is 17.6 Å². The van der Waals surface area contributed by atoms with Crippen LogP contribution in [-0.4, -0.2) is 16.0 Å². The molecule has 2 unspecified atom stereocenters. The van der Waals surface area contributed by atoms with Crippen LogP contribution in [-0.2, 0) is 4.79 Å². The van der Waals surface area contributed by atoms with Gasteiger partial charge in [-0.1, -0.05) is 12.6 Å². The first-order chi connectivity index (χ1) is 7.50. The summed E-state index contributed by atoms with van der Waals surface area (Å²) >= 11 is 0. The summed E-state index contributed by atoms with van der Waals surface area (Å²) in [5, 5.41) is 18.4. The summed E-state index contributed by atoms with van der Waals surface area (Å²) in [6, 6.07) is 3.72. The van der Waals surface area contributed by atoms with Crippen LogP contribution >= 0.6 is 0 Å². The Morgan fingerprint density at radius 3 is 2.75 bits per heavy atom. The fraction of sp³-hybridized carbons (Fsp3) is 0.250. The summed E-state index contributed by atoms with van der Waals surface area (Å²) in [7, 11) is 0. The van der Waals surface area contributed by atoms with Crippen molar-refractivity contribution in [3.63, 3.8) is 0 Å². The van der Waals surface area contributed by atoms with Gasteiger partial charge in [0.25, 0.3) is 0 Å². The van der Waals surface area contributed by atoms with Crippen molar-refractivity contribution in [2.75, 3.05) is 0 Å². The van der Waals surface area contributed by atoms with Crippen molar-refractivity contribution in [1.29, 1.82) is 0 Å². The molecular weight excluding hydrogens is 211 g/mol. The molecule has 0 amide bonds. The van der Waals surface area contributed by atoms with Gasteiger partial charge in [0.2, 0.25) is 0 Å². The maximum absolute atomic E-state index is 12.7. The van der Waals surface area contributed by atoms with Gasteiger partial charge in [-0.2, -0.15) is 0 Å². The lowest BCUT2D eigenvalue weighted by Crippen LogP contribution is -2.04. The Balaban J connectivity index is 2.17. The minimum Gasteiger partial charge on any atom is -0.508 e. The van der Waals surface area contributed by atoms with E-state index in [4.69, 9.17) is 5.11 Å². The van der Waals surface area contributed by atoms with E-state index in [1.807, 2.05) is 0 Å². The first-order valence-electron chi connectivity index (χ1n) is 4.91. The number of aromatic hydroxyl groups is 1. The zero-order chi connectivity index (χ0) is 11.9. The van der Waals surface area contributed by atoms with E-state index < -0.39 is 17.4 Å². The van der Waals surface area contributed by atoms with Crippen molar-refractivity contribution >= 4 is 5.78 Å². The SMILES string of the molecule is C=C(O)C(=O)C1CC1c1ccc(F)cc1O. The maximum atomic E-state index is 12.7. The number of hydrogen-bond acceptors (Lipinski definition) is 3. The van der Waals surface area contributed by atoms with Gasteiger partial charge in [-0.15, -0.1) is 0 Å². The molecule has 3 nitrogen and oxygen atoms in total. The molecule has 0 aromatic heterocycles. The van der Waals surface area contributed by atoms with Crippen molar-refractivity contribution in [3.8, 4) is 5.75 Å². The Morgan fingerprint density at radius 1 is 1.50 bits per heavy atom. The van der Waals surface area contributed by atoms with Gasteiger partial charge < -0.3 is 10.2 Å². The highest BCUT2D eigenvalue weighted by molar-refractivity contribution is 5.97. The Kier molecular flexibility index (Phi) is 2.42. The molecule has 1 fully saturated rings. The number of aliphatic hydroxyl groups excluding tert-OH is 1. The van der Waals surface area contributed by atoms with E-state index >= 15 is 0 Å². The summed E-state index contributed by atoms with van der Waals surface area (Å²) in [4.78, 5) is 11.4. The number of Topliss-reactive ketones (excluding diaryl/α,β-unsaturated/α-hetero) is 1. The number of hydrogen-bond donors (Lipinski definition) is 2.